The van der Waals surface area contributed by atoms with Crippen molar-refractivity contribution in [2.24, 2.45) is 0 Å². The predicted octanol–water partition coefficient (Wildman–Crippen LogP) is 1.75. The van der Waals surface area contributed by atoms with Gasteiger partial charge in [-0.15, -0.1) is 0 Å². The molecule has 0 aliphatic carbocycles. The zero-order valence-electron chi connectivity index (χ0n) is 3.25. The van der Waals surface area contributed by atoms with Gasteiger partial charge in [-0.25, -0.2) is 0 Å². The minimum absolute atomic E-state index is 1.17. The van der Waals surface area contributed by atoms with Crippen molar-refractivity contribution in [3.05, 3.63) is 6.92 Å². The Hall–Kier alpha value is -0.120. The zero-order chi connectivity index (χ0) is 6.08. The summed E-state index contributed by atoms with van der Waals surface area (Å²) >= 11 is 3.70. The van der Waals surface area contributed by atoms with Crippen molar-refractivity contribution >= 4 is 17.1 Å². The zero-order valence-corrected chi connectivity index (χ0v) is 4.07. The smallest absolute Gasteiger partial charge is 0.166 e. The molecule has 0 aliphatic heterocycles. The standard InChI is InChI=1S/C3H2F3S/c1-2(7)3(4,5)6/h1H2. The van der Waals surface area contributed by atoms with E-state index in [-0.39, 0.29) is 0 Å². The Bertz CT molecular complexity index is 82.7. The van der Waals surface area contributed by atoms with E-state index in [1.807, 2.05) is 0 Å². The van der Waals surface area contributed by atoms with Gasteiger partial charge in [0.25, 0.3) is 0 Å². The van der Waals surface area contributed by atoms with E-state index in [9.17, 15) is 13.2 Å². The molecule has 0 heterocycles. The molecular weight excluding hydrogens is 125 g/mol. The first kappa shape index (κ1) is 6.88. The number of rotatable bonds is 0. The summed E-state index contributed by atoms with van der Waals surface area (Å²) < 4.78 is 32.9. The van der Waals surface area contributed by atoms with E-state index in [0.717, 1.165) is 0 Å². The highest BCUT2D eigenvalue weighted by Crippen LogP contribution is 2.15. The second-order valence-electron chi connectivity index (χ2n) is 0.921. The molecule has 0 aromatic carbocycles. The van der Waals surface area contributed by atoms with Gasteiger partial charge in [-0.2, -0.15) is 13.2 Å². The Morgan fingerprint density at radius 3 is 1.57 bits per heavy atom. The minimum atomic E-state index is -4.38. The second kappa shape index (κ2) is 1.78. The lowest BCUT2D eigenvalue weighted by molar-refractivity contribution is -0.0554. The highest BCUT2D eigenvalue weighted by Gasteiger charge is 2.29. The molecule has 0 atom stereocenters. The Labute approximate surface area is 44.3 Å². The monoisotopic (exact) mass is 127 g/mol. The summed E-state index contributed by atoms with van der Waals surface area (Å²) in [6.45, 7) is 2.52. The summed E-state index contributed by atoms with van der Waals surface area (Å²) in [5.74, 6) is 0. The first-order chi connectivity index (χ1) is 2.94. The first-order valence-corrected chi connectivity index (χ1v) is 1.78. The van der Waals surface area contributed by atoms with Crippen LogP contribution in [-0.2, 0) is 0 Å². The van der Waals surface area contributed by atoms with Gasteiger partial charge in [0.05, 0.1) is 4.86 Å². The molecule has 0 bridgehead atoms. The summed E-state index contributed by atoms with van der Waals surface area (Å²) in [5, 5.41) is 0. The highest BCUT2D eigenvalue weighted by molar-refractivity contribution is 7.80. The van der Waals surface area contributed by atoms with Gasteiger partial charge in [0, 0.05) is 0 Å². The largest absolute Gasteiger partial charge is 0.422 e. The normalized spacial score (nSPS) is 11.4. The van der Waals surface area contributed by atoms with Crippen molar-refractivity contribution in [2.75, 3.05) is 0 Å². The van der Waals surface area contributed by atoms with Crippen molar-refractivity contribution in [1.82, 2.24) is 0 Å². The van der Waals surface area contributed by atoms with E-state index >= 15 is 0 Å². The fourth-order valence-electron chi connectivity index (χ4n) is 0. The molecule has 0 unspecified atom stereocenters. The topological polar surface area (TPSA) is 0 Å². The molecule has 0 N–H and O–H groups in total. The van der Waals surface area contributed by atoms with Crippen molar-refractivity contribution in [3.63, 3.8) is 0 Å². The number of alkyl halides is 3. The molecule has 0 nitrogen and oxygen atoms in total. The van der Waals surface area contributed by atoms with E-state index in [0.29, 0.717) is 0 Å². The Morgan fingerprint density at radius 2 is 1.57 bits per heavy atom. The number of thiocarbonyl (C=S) groups is 1. The first-order valence-electron chi connectivity index (χ1n) is 1.37. The van der Waals surface area contributed by atoms with Crippen molar-refractivity contribution in [3.8, 4) is 0 Å². The van der Waals surface area contributed by atoms with E-state index < -0.39 is 11.0 Å². The molecule has 0 amide bonds. The molecule has 4 heteroatoms. The quantitative estimate of drug-likeness (QED) is 0.447. The van der Waals surface area contributed by atoms with E-state index in [1.54, 1.807) is 0 Å². The molecule has 0 fully saturated rings. The SMILES string of the molecule is [CH2]C(=S)C(F)(F)F. The van der Waals surface area contributed by atoms with Gasteiger partial charge in [-0.05, 0) is 6.92 Å². The van der Waals surface area contributed by atoms with Gasteiger partial charge < -0.3 is 0 Å². The molecule has 0 aliphatic rings. The molecule has 7 heavy (non-hydrogen) atoms. The molecule has 0 aromatic heterocycles. The van der Waals surface area contributed by atoms with Gasteiger partial charge in [-0.3, -0.25) is 0 Å². The Balaban J connectivity index is 3.79. The van der Waals surface area contributed by atoms with Gasteiger partial charge in [-0.1, -0.05) is 12.2 Å². The third-order valence-corrected chi connectivity index (χ3v) is 0.548. The second-order valence-corrected chi connectivity index (χ2v) is 1.41. The van der Waals surface area contributed by atoms with Gasteiger partial charge in [0.2, 0.25) is 0 Å². The molecule has 0 saturated heterocycles. The van der Waals surface area contributed by atoms with Crippen LogP contribution in [0.3, 0.4) is 0 Å². The van der Waals surface area contributed by atoms with Crippen LogP contribution in [0.4, 0.5) is 13.2 Å². The lowest BCUT2D eigenvalue weighted by Gasteiger charge is -1.98. The summed E-state index contributed by atoms with van der Waals surface area (Å²) in [5.41, 5.74) is 0. The lowest BCUT2D eigenvalue weighted by atomic mass is 10.5. The molecule has 0 aromatic rings. The van der Waals surface area contributed by atoms with E-state index in [4.69, 9.17) is 0 Å². The summed E-state index contributed by atoms with van der Waals surface area (Å²) in [6, 6.07) is 0. The van der Waals surface area contributed by atoms with Crippen LogP contribution in [0.25, 0.3) is 0 Å². The van der Waals surface area contributed by atoms with Crippen LogP contribution in [0.1, 0.15) is 0 Å². The maximum atomic E-state index is 11.0. The lowest BCUT2D eigenvalue weighted by Crippen LogP contribution is -2.16. The van der Waals surface area contributed by atoms with Crippen LogP contribution in [-0.4, -0.2) is 11.0 Å². The molecule has 41 valence electrons. The van der Waals surface area contributed by atoms with Gasteiger partial charge >= 0.3 is 6.18 Å². The average Bonchev–Trinajstić information content (AvgIpc) is 1.31. The van der Waals surface area contributed by atoms with Gasteiger partial charge in [0.1, 0.15) is 0 Å². The van der Waals surface area contributed by atoms with Crippen molar-refractivity contribution in [1.29, 1.82) is 0 Å². The summed E-state index contributed by atoms with van der Waals surface area (Å²) in [6.07, 6.45) is -4.38. The van der Waals surface area contributed by atoms with Crippen LogP contribution in [0.15, 0.2) is 0 Å². The van der Waals surface area contributed by atoms with E-state index in [2.05, 4.69) is 19.1 Å². The molecule has 0 rings (SSSR count). The number of hydrogen-bond acceptors (Lipinski definition) is 1. The summed E-state index contributed by atoms with van der Waals surface area (Å²) in [7, 11) is 0. The number of hydrogen-bond donors (Lipinski definition) is 0. The Kier molecular flexibility index (Phi) is 1.75. The van der Waals surface area contributed by atoms with Gasteiger partial charge in [0.15, 0.2) is 0 Å². The van der Waals surface area contributed by atoms with Crippen LogP contribution < -0.4 is 0 Å². The maximum Gasteiger partial charge on any atom is 0.422 e. The molecule has 1 radical (unpaired) electrons. The molecule has 0 spiro atoms. The average molecular weight is 127 g/mol. The van der Waals surface area contributed by atoms with Crippen molar-refractivity contribution in [2.45, 2.75) is 6.18 Å². The van der Waals surface area contributed by atoms with Crippen LogP contribution in [0.2, 0.25) is 0 Å². The fourth-order valence-corrected chi connectivity index (χ4v) is 0. The number of halogens is 3. The fraction of sp³-hybridized carbons (Fsp3) is 0.333. The highest BCUT2D eigenvalue weighted by atomic mass is 32.1. The Morgan fingerprint density at radius 1 is 1.43 bits per heavy atom. The van der Waals surface area contributed by atoms with Crippen molar-refractivity contribution < 1.29 is 13.2 Å². The third kappa shape index (κ3) is 2.56. The van der Waals surface area contributed by atoms with E-state index in [1.165, 1.54) is 0 Å². The minimum Gasteiger partial charge on any atom is -0.166 e. The molecule has 0 saturated carbocycles. The van der Waals surface area contributed by atoms with Crippen LogP contribution in [0.5, 0.6) is 0 Å². The van der Waals surface area contributed by atoms with Crippen LogP contribution >= 0.6 is 12.2 Å². The maximum absolute atomic E-state index is 11.0. The third-order valence-electron chi connectivity index (χ3n) is 0.316. The van der Waals surface area contributed by atoms with Crippen LogP contribution in [0, 0.1) is 6.92 Å². The predicted molar refractivity (Wildman–Crippen MR) is 24.0 cm³/mol. The summed E-state index contributed by atoms with van der Waals surface area (Å²) in [4.78, 5) is -1.17. The molecular formula is C3H2F3S.